The molecule has 0 saturated carbocycles. The summed E-state index contributed by atoms with van der Waals surface area (Å²) in [6, 6.07) is 0. The number of nitrogens with one attached hydrogen (secondary N) is 2. The molecular formula is C4H10N2O3S. The largest absolute Gasteiger partial charge is 0.358 e. The summed E-state index contributed by atoms with van der Waals surface area (Å²) in [5.74, 6) is -1.03. The van der Waals surface area contributed by atoms with Crippen molar-refractivity contribution in [2.24, 2.45) is 0 Å². The molecule has 1 amide bonds. The van der Waals surface area contributed by atoms with Gasteiger partial charge in [0.25, 0.3) is 0 Å². The molecule has 0 bridgehead atoms. The van der Waals surface area contributed by atoms with Gasteiger partial charge in [0.1, 0.15) is 5.75 Å². The van der Waals surface area contributed by atoms with Crippen LogP contribution in [0, 0.1) is 0 Å². The minimum Gasteiger partial charge on any atom is -0.358 e. The van der Waals surface area contributed by atoms with Gasteiger partial charge in [0, 0.05) is 7.05 Å². The molecule has 0 heterocycles. The summed E-state index contributed by atoms with van der Waals surface area (Å²) in [4.78, 5) is 10.5. The zero-order valence-electron chi connectivity index (χ0n) is 5.84. The molecule has 0 unspecified atom stereocenters. The van der Waals surface area contributed by atoms with Crippen LogP contribution in [-0.2, 0) is 14.8 Å². The van der Waals surface area contributed by atoms with E-state index in [1.165, 1.54) is 14.1 Å². The lowest BCUT2D eigenvalue weighted by Crippen LogP contribution is -2.32. The molecule has 0 aromatic rings. The van der Waals surface area contributed by atoms with Crippen molar-refractivity contribution in [3.63, 3.8) is 0 Å². The Morgan fingerprint density at radius 2 is 1.90 bits per heavy atom. The number of rotatable bonds is 3. The molecule has 0 spiro atoms. The first-order valence-corrected chi connectivity index (χ1v) is 4.29. The molecule has 0 aliphatic carbocycles. The van der Waals surface area contributed by atoms with E-state index in [4.69, 9.17) is 0 Å². The standard InChI is InChI=1S/C4H10N2O3S/c1-5-4(7)3-10(8,9)6-2/h6H,3H2,1-2H3,(H,5,7). The Kier molecular flexibility index (Phi) is 3.31. The molecule has 2 N–H and O–H groups in total. The third-order valence-electron chi connectivity index (χ3n) is 0.911. The van der Waals surface area contributed by atoms with Gasteiger partial charge in [-0.3, -0.25) is 4.79 Å². The number of sulfonamides is 1. The molecule has 0 radical (unpaired) electrons. The zero-order chi connectivity index (χ0) is 8.20. The van der Waals surface area contributed by atoms with Gasteiger partial charge < -0.3 is 5.32 Å². The topological polar surface area (TPSA) is 75.3 Å². The van der Waals surface area contributed by atoms with Crippen LogP contribution < -0.4 is 10.0 Å². The van der Waals surface area contributed by atoms with Crippen LogP contribution in [0.3, 0.4) is 0 Å². The van der Waals surface area contributed by atoms with E-state index < -0.39 is 21.7 Å². The Bertz CT molecular complexity index is 209. The molecule has 0 aromatic carbocycles. The number of carbonyl (C=O) groups excluding carboxylic acids is 1. The number of amides is 1. The van der Waals surface area contributed by atoms with Crippen molar-refractivity contribution in [2.45, 2.75) is 0 Å². The van der Waals surface area contributed by atoms with Gasteiger partial charge in [-0.25, -0.2) is 13.1 Å². The average molecular weight is 166 g/mol. The molecule has 0 saturated heterocycles. The van der Waals surface area contributed by atoms with E-state index in [1.54, 1.807) is 0 Å². The summed E-state index contributed by atoms with van der Waals surface area (Å²) in [5, 5.41) is 2.20. The van der Waals surface area contributed by atoms with Crippen LogP contribution in [0.4, 0.5) is 0 Å². The Hall–Kier alpha value is -0.620. The smallest absolute Gasteiger partial charge is 0.236 e. The molecule has 0 aromatic heterocycles. The number of hydrogen-bond acceptors (Lipinski definition) is 3. The third kappa shape index (κ3) is 3.41. The van der Waals surface area contributed by atoms with Crippen LogP contribution >= 0.6 is 0 Å². The van der Waals surface area contributed by atoms with Gasteiger partial charge in [-0.05, 0) is 7.05 Å². The van der Waals surface area contributed by atoms with E-state index >= 15 is 0 Å². The van der Waals surface area contributed by atoms with Crippen molar-refractivity contribution in [3.8, 4) is 0 Å². The van der Waals surface area contributed by atoms with Gasteiger partial charge >= 0.3 is 0 Å². The van der Waals surface area contributed by atoms with Crippen molar-refractivity contribution in [2.75, 3.05) is 19.8 Å². The quantitative estimate of drug-likeness (QED) is 0.523. The lowest BCUT2D eigenvalue weighted by Gasteiger charge is -1.99. The third-order valence-corrected chi connectivity index (χ3v) is 2.18. The molecule has 10 heavy (non-hydrogen) atoms. The Labute approximate surface area is 59.9 Å². The van der Waals surface area contributed by atoms with E-state index in [-0.39, 0.29) is 0 Å². The fraction of sp³-hybridized carbons (Fsp3) is 0.750. The molecular weight excluding hydrogens is 156 g/mol. The molecule has 0 rings (SSSR count). The highest BCUT2D eigenvalue weighted by Gasteiger charge is 2.11. The van der Waals surface area contributed by atoms with Crippen LogP contribution in [0.25, 0.3) is 0 Å². The predicted octanol–water partition coefficient (Wildman–Crippen LogP) is -1.72. The highest BCUT2D eigenvalue weighted by molar-refractivity contribution is 7.90. The Morgan fingerprint density at radius 1 is 1.40 bits per heavy atom. The van der Waals surface area contributed by atoms with Crippen LogP contribution in [-0.4, -0.2) is 34.2 Å². The van der Waals surface area contributed by atoms with E-state index in [2.05, 4.69) is 5.32 Å². The van der Waals surface area contributed by atoms with E-state index in [9.17, 15) is 13.2 Å². The normalized spacial score (nSPS) is 11.0. The van der Waals surface area contributed by atoms with E-state index in [0.717, 1.165) is 0 Å². The van der Waals surface area contributed by atoms with Crippen molar-refractivity contribution < 1.29 is 13.2 Å². The van der Waals surface area contributed by atoms with Gasteiger partial charge in [0.05, 0.1) is 0 Å². The van der Waals surface area contributed by atoms with Gasteiger partial charge in [-0.1, -0.05) is 0 Å². The highest BCUT2D eigenvalue weighted by Crippen LogP contribution is 1.79. The van der Waals surface area contributed by atoms with Crippen LogP contribution in [0.1, 0.15) is 0 Å². The first-order valence-electron chi connectivity index (χ1n) is 2.63. The van der Waals surface area contributed by atoms with Crippen molar-refractivity contribution >= 4 is 15.9 Å². The fourth-order valence-corrected chi connectivity index (χ4v) is 0.951. The zero-order valence-corrected chi connectivity index (χ0v) is 6.66. The fourth-order valence-electron chi connectivity index (χ4n) is 0.317. The molecule has 0 atom stereocenters. The summed E-state index contributed by atoms with van der Waals surface area (Å²) < 4.78 is 23.2. The first kappa shape index (κ1) is 9.38. The van der Waals surface area contributed by atoms with Crippen LogP contribution in [0.5, 0.6) is 0 Å². The first-order chi connectivity index (χ1) is 4.52. The van der Waals surface area contributed by atoms with Gasteiger partial charge in [0.2, 0.25) is 15.9 Å². The summed E-state index contributed by atoms with van der Waals surface area (Å²) in [5.41, 5.74) is 0. The summed E-state index contributed by atoms with van der Waals surface area (Å²) in [6.45, 7) is 0. The van der Waals surface area contributed by atoms with Crippen molar-refractivity contribution in [3.05, 3.63) is 0 Å². The SMILES string of the molecule is CNC(=O)CS(=O)(=O)NC. The van der Waals surface area contributed by atoms with Crippen LogP contribution in [0.15, 0.2) is 0 Å². The molecule has 0 aliphatic heterocycles. The predicted molar refractivity (Wildman–Crippen MR) is 36.9 cm³/mol. The molecule has 5 nitrogen and oxygen atoms in total. The van der Waals surface area contributed by atoms with Crippen molar-refractivity contribution in [1.82, 2.24) is 10.0 Å². The van der Waals surface area contributed by atoms with Gasteiger partial charge in [0.15, 0.2) is 0 Å². The maximum atomic E-state index is 10.6. The number of hydrogen-bond donors (Lipinski definition) is 2. The van der Waals surface area contributed by atoms with E-state index in [0.29, 0.717) is 0 Å². The summed E-state index contributed by atoms with van der Waals surface area (Å²) in [6.07, 6.45) is 0. The lowest BCUT2D eigenvalue weighted by atomic mass is 10.7. The highest BCUT2D eigenvalue weighted by atomic mass is 32.2. The second-order valence-electron chi connectivity index (χ2n) is 1.64. The lowest BCUT2D eigenvalue weighted by molar-refractivity contribution is -0.118. The second kappa shape index (κ2) is 3.52. The van der Waals surface area contributed by atoms with Crippen LogP contribution in [0.2, 0.25) is 0 Å². The van der Waals surface area contributed by atoms with Gasteiger partial charge in [-0.2, -0.15) is 0 Å². The van der Waals surface area contributed by atoms with Crippen molar-refractivity contribution in [1.29, 1.82) is 0 Å². The van der Waals surface area contributed by atoms with Gasteiger partial charge in [-0.15, -0.1) is 0 Å². The maximum Gasteiger partial charge on any atom is 0.236 e. The maximum absolute atomic E-state index is 10.6. The van der Waals surface area contributed by atoms with E-state index in [1.807, 2.05) is 4.72 Å². The second-order valence-corrected chi connectivity index (χ2v) is 3.56. The minimum atomic E-state index is -3.39. The Morgan fingerprint density at radius 3 is 2.20 bits per heavy atom. The molecule has 6 heteroatoms. The molecule has 0 fully saturated rings. The molecule has 0 aliphatic rings. The average Bonchev–Trinajstić information content (AvgIpc) is 1.87. The Balaban J connectivity index is 4.03. The summed E-state index contributed by atoms with van der Waals surface area (Å²) >= 11 is 0. The number of carbonyl (C=O) groups is 1. The summed E-state index contributed by atoms with van der Waals surface area (Å²) in [7, 11) is -0.748. The monoisotopic (exact) mass is 166 g/mol. The molecule has 60 valence electrons. The minimum absolute atomic E-state index is 0.514.